The summed E-state index contributed by atoms with van der Waals surface area (Å²) in [6.45, 7) is 4.22. The van der Waals surface area contributed by atoms with E-state index in [1.165, 1.54) is 25.7 Å². The summed E-state index contributed by atoms with van der Waals surface area (Å²) in [6.07, 6.45) is 8.21. The quantitative estimate of drug-likeness (QED) is 0.320. The van der Waals surface area contributed by atoms with Gasteiger partial charge in [0.2, 0.25) is 5.95 Å². The fourth-order valence-corrected chi connectivity index (χ4v) is 8.42. The van der Waals surface area contributed by atoms with Crippen LogP contribution in [0.15, 0.2) is 24.4 Å². The number of hydrogen-bond acceptors (Lipinski definition) is 9. The predicted octanol–water partition coefficient (Wildman–Crippen LogP) is 3.45. The van der Waals surface area contributed by atoms with Crippen LogP contribution >= 0.6 is 7.49 Å². The molecule has 3 aliphatic rings. The van der Waals surface area contributed by atoms with Crippen molar-refractivity contribution in [2.75, 3.05) is 62.9 Å². The number of ether oxygens (including phenoxy) is 2. The summed E-state index contributed by atoms with van der Waals surface area (Å²) in [6, 6.07) is 8.64. The van der Waals surface area contributed by atoms with E-state index in [0.717, 1.165) is 56.2 Å². The maximum absolute atomic E-state index is 11.6. The van der Waals surface area contributed by atoms with E-state index in [1.54, 1.807) is 13.3 Å². The molecule has 4 heterocycles. The standard InChI is InChI=1S/C27H35N7O3P/c1-36-23-12-21(38(35)10-8-34(9-11-38)20-16-37-17-20)6-7-22(23)31-27-32-25(29-14-18-4-2-3-5-18)24-19(13-28)15-30-26(24)33-27/h6-7,12,15,18,20,35H,2-5,8-11,14,16-17H2,1H3,(H3,29,30,31,32,33)/q+1. The van der Waals surface area contributed by atoms with Gasteiger partial charge < -0.3 is 25.1 Å². The van der Waals surface area contributed by atoms with Crippen molar-refractivity contribution in [2.24, 2.45) is 5.92 Å². The smallest absolute Gasteiger partial charge is 0.231 e. The molecule has 0 amide bonds. The molecule has 2 aliphatic heterocycles. The Hall–Kier alpha value is -2.96. The average molecular weight is 537 g/mol. The molecule has 6 rings (SSSR count). The van der Waals surface area contributed by atoms with Crippen molar-refractivity contribution >= 4 is 41.3 Å². The van der Waals surface area contributed by atoms with Crippen LogP contribution in [0.3, 0.4) is 0 Å². The molecule has 2 saturated heterocycles. The van der Waals surface area contributed by atoms with Gasteiger partial charge in [-0.05, 0) is 30.9 Å². The molecule has 1 aromatic carbocycles. The SMILES string of the molecule is COc1cc([P+]2(O)CCN(C3COC3)CC2)ccc1Nc1nc(NCC2CCCC2)c2c(C#N)c[nH]c2n1. The lowest BCUT2D eigenvalue weighted by atomic mass is 10.1. The van der Waals surface area contributed by atoms with Gasteiger partial charge in [0.25, 0.3) is 0 Å². The van der Waals surface area contributed by atoms with Crippen LogP contribution in [-0.4, -0.2) is 83.1 Å². The number of benzene rings is 1. The summed E-state index contributed by atoms with van der Waals surface area (Å²) in [5.74, 6) is 2.32. The number of methoxy groups -OCH3 is 1. The molecule has 0 radical (unpaired) electrons. The molecular weight excluding hydrogens is 501 g/mol. The first-order chi connectivity index (χ1) is 18.6. The average Bonchev–Trinajstić information content (AvgIpc) is 3.58. The Balaban J connectivity index is 1.23. The third-order valence-electron chi connectivity index (χ3n) is 8.25. The summed E-state index contributed by atoms with van der Waals surface area (Å²) < 4.78 is 11.1. The highest BCUT2D eigenvalue weighted by Gasteiger charge is 2.45. The second-order valence-corrected chi connectivity index (χ2v) is 13.8. The molecule has 11 heteroatoms. The molecule has 4 N–H and O–H groups in total. The van der Waals surface area contributed by atoms with Crippen LogP contribution in [0.1, 0.15) is 31.2 Å². The minimum Gasteiger partial charge on any atom is -0.494 e. The first-order valence-electron chi connectivity index (χ1n) is 13.5. The van der Waals surface area contributed by atoms with Crippen LogP contribution in [0.5, 0.6) is 5.75 Å². The van der Waals surface area contributed by atoms with Gasteiger partial charge in [0.1, 0.15) is 40.9 Å². The van der Waals surface area contributed by atoms with Gasteiger partial charge in [0.05, 0.1) is 43.0 Å². The summed E-state index contributed by atoms with van der Waals surface area (Å²) in [5, 5.41) is 18.1. The normalized spacial score (nSPS) is 20.2. The Morgan fingerprint density at radius 3 is 2.71 bits per heavy atom. The molecule has 38 heavy (non-hydrogen) atoms. The van der Waals surface area contributed by atoms with Gasteiger partial charge in [-0.2, -0.15) is 15.2 Å². The van der Waals surface area contributed by atoms with Gasteiger partial charge in [-0.3, -0.25) is 4.90 Å². The van der Waals surface area contributed by atoms with Crippen molar-refractivity contribution < 1.29 is 14.4 Å². The van der Waals surface area contributed by atoms with E-state index in [1.807, 2.05) is 18.2 Å². The van der Waals surface area contributed by atoms with Crippen molar-refractivity contribution in [1.82, 2.24) is 19.9 Å². The minimum absolute atomic E-state index is 0.411. The molecular formula is C27H35N7O3P+. The number of rotatable bonds is 8. The Kier molecular flexibility index (Phi) is 7.10. The number of nitrogens with one attached hydrogen (secondary N) is 3. The monoisotopic (exact) mass is 536 g/mol. The number of aromatic nitrogens is 3. The maximum Gasteiger partial charge on any atom is 0.231 e. The number of aromatic amines is 1. The van der Waals surface area contributed by atoms with Crippen LogP contribution in [0.2, 0.25) is 0 Å². The number of nitrogens with zero attached hydrogens (tertiary/aromatic N) is 4. The number of fused-ring (bicyclic) bond motifs is 1. The summed E-state index contributed by atoms with van der Waals surface area (Å²) >= 11 is 0. The number of anilines is 3. The van der Waals surface area contributed by atoms with E-state index < -0.39 is 7.49 Å². The van der Waals surface area contributed by atoms with E-state index in [4.69, 9.17) is 14.5 Å². The summed E-state index contributed by atoms with van der Waals surface area (Å²) in [7, 11) is -0.616. The highest BCUT2D eigenvalue weighted by Crippen LogP contribution is 2.55. The lowest BCUT2D eigenvalue weighted by Crippen LogP contribution is -2.53. The first kappa shape index (κ1) is 25.3. The van der Waals surface area contributed by atoms with E-state index in [9.17, 15) is 10.2 Å². The molecule has 3 fully saturated rings. The minimum atomic E-state index is -2.25. The van der Waals surface area contributed by atoms with E-state index in [0.29, 0.717) is 46.1 Å². The Morgan fingerprint density at radius 2 is 2.03 bits per heavy atom. The van der Waals surface area contributed by atoms with Crippen LogP contribution in [0.4, 0.5) is 17.5 Å². The van der Waals surface area contributed by atoms with Gasteiger partial charge in [0, 0.05) is 31.9 Å². The van der Waals surface area contributed by atoms with Gasteiger partial charge in [0.15, 0.2) is 7.49 Å². The topological polar surface area (TPSA) is 131 Å². The molecule has 1 saturated carbocycles. The molecule has 3 aromatic rings. The van der Waals surface area contributed by atoms with Crippen LogP contribution in [0.25, 0.3) is 11.0 Å². The Labute approximate surface area is 223 Å². The number of hydrogen-bond donors (Lipinski definition) is 4. The molecule has 2 aromatic heterocycles. The van der Waals surface area contributed by atoms with Crippen molar-refractivity contribution in [1.29, 1.82) is 5.26 Å². The summed E-state index contributed by atoms with van der Waals surface area (Å²) in [5.41, 5.74) is 1.85. The second-order valence-electron chi connectivity index (χ2n) is 10.6. The van der Waals surface area contributed by atoms with Crippen LogP contribution in [0, 0.1) is 17.2 Å². The molecule has 0 atom stereocenters. The van der Waals surface area contributed by atoms with Crippen LogP contribution in [-0.2, 0) is 4.74 Å². The molecule has 200 valence electrons. The third kappa shape index (κ3) is 4.92. The number of H-pyrrole nitrogens is 1. The number of nitriles is 1. The van der Waals surface area contributed by atoms with Gasteiger partial charge in [-0.15, -0.1) is 0 Å². The Morgan fingerprint density at radius 1 is 1.24 bits per heavy atom. The van der Waals surface area contributed by atoms with Crippen molar-refractivity contribution in [3.8, 4) is 11.8 Å². The van der Waals surface area contributed by atoms with E-state index >= 15 is 0 Å². The fourth-order valence-electron chi connectivity index (χ4n) is 5.79. The van der Waals surface area contributed by atoms with Crippen molar-refractivity contribution in [2.45, 2.75) is 31.7 Å². The van der Waals surface area contributed by atoms with Crippen molar-refractivity contribution in [3.05, 3.63) is 30.0 Å². The zero-order chi connectivity index (χ0) is 26.1. The zero-order valence-corrected chi connectivity index (χ0v) is 22.6. The third-order valence-corrected chi connectivity index (χ3v) is 11.4. The highest BCUT2D eigenvalue weighted by atomic mass is 31.2. The largest absolute Gasteiger partial charge is 0.494 e. The predicted molar refractivity (Wildman–Crippen MR) is 150 cm³/mol. The molecule has 0 unspecified atom stereocenters. The summed E-state index contributed by atoms with van der Waals surface area (Å²) in [4.78, 5) is 26.5. The van der Waals surface area contributed by atoms with Crippen molar-refractivity contribution in [3.63, 3.8) is 0 Å². The molecule has 0 spiro atoms. The lowest BCUT2D eigenvalue weighted by molar-refractivity contribution is -0.0622. The van der Waals surface area contributed by atoms with Gasteiger partial charge in [-0.25, -0.2) is 4.89 Å². The fraction of sp³-hybridized carbons (Fsp3) is 0.519. The first-order valence-corrected chi connectivity index (χ1v) is 15.6. The molecule has 1 aliphatic carbocycles. The lowest BCUT2D eigenvalue weighted by Gasteiger charge is -2.40. The highest BCUT2D eigenvalue weighted by molar-refractivity contribution is 7.77. The zero-order valence-electron chi connectivity index (χ0n) is 21.7. The Bertz CT molecular complexity index is 1340. The maximum atomic E-state index is 11.6. The van der Waals surface area contributed by atoms with Gasteiger partial charge in [-0.1, -0.05) is 12.8 Å². The molecule has 0 bridgehead atoms. The van der Waals surface area contributed by atoms with Gasteiger partial charge >= 0.3 is 0 Å². The van der Waals surface area contributed by atoms with E-state index in [-0.39, 0.29) is 0 Å². The molecule has 10 nitrogen and oxygen atoms in total. The van der Waals surface area contributed by atoms with Crippen LogP contribution < -0.4 is 20.7 Å². The second kappa shape index (κ2) is 10.7. The van der Waals surface area contributed by atoms with E-state index in [2.05, 4.69) is 31.6 Å².